The van der Waals surface area contributed by atoms with Crippen molar-refractivity contribution < 1.29 is 28.2 Å². The van der Waals surface area contributed by atoms with E-state index in [2.05, 4.69) is 17.9 Å². The van der Waals surface area contributed by atoms with E-state index in [0.717, 1.165) is 44.4 Å². The Bertz CT molecular complexity index is 1370. The number of aromatic nitrogens is 1. The Balaban J connectivity index is 1.61. The summed E-state index contributed by atoms with van der Waals surface area (Å²) >= 11 is 0. The maximum atomic E-state index is 14.0. The van der Waals surface area contributed by atoms with Gasteiger partial charge in [0.1, 0.15) is 23.7 Å². The summed E-state index contributed by atoms with van der Waals surface area (Å²) in [4.78, 5) is 14.6. The number of nitriles is 1. The van der Waals surface area contributed by atoms with Crippen LogP contribution >= 0.6 is 0 Å². The van der Waals surface area contributed by atoms with E-state index in [1.54, 1.807) is 22.9 Å². The quantitative estimate of drug-likeness (QED) is 0.283. The van der Waals surface area contributed by atoms with Gasteiger partial charge in [-0.1, -0.05) is 31.5 Å². The summed E-state index contributed by atoms with van der Waals surface area (Å²) in [6.45, 7) is 9.59. The highest BCUT2D eigenvalue weighted by Gasteiger charge is 2.35. The maximum absolute atomic E-state index is 14.0. The molecule has 9 heteroatoms. The van der Waals surface area contributed by atoms with Gasteiger partial charge in [0.2, 0.25) is 0 Å². The van der Waals surface area contributed by atoms with Crippen molar-refractivity contribution in [3.63, 3.8) is 0 Å². The van der Waals surface area contributed by atoms with Crippen LogP contribution in [0.1, 0.15) is 75.5 Å². The summed E-state index contributed by atoms with van der Waals surface area (Å²) in [6, 6.07) is 11.7. The molecule has 0 amide bonds. The Kier molecular flexibility index (Phi) is 8.92. The molecule has 212 valence electrons. The fourth-order valence-electron chi connectivity index (χ4n) is 5.12. The lowest BCUT2D eigenvalue weighted by Crippen LogP contribution is -2.40. The van der Waals surface area contributed by atoms with E-state index in [9.17, 15) is 23.9 Å². The lowest BCUT2D eigenvalue weighted by atomic mass is 10.0. The molecule has 7 nitrogen and oxygen atoms in total. The number of unbranched alkanes of at least 4 members (excludes halogenated alkanes) is 1. The van der Waals surface area contributed by atoms with Crippen molar-refractivity contribution in [2.75, 3.05) is 13.1 Å². The summed E-state index contributed by atoms with van der Waals surface area (Å²) in [7, 11) is 0. The largest absolute Gasteiger partial charge is 0.477 e. The van der Waals surface area contributed by atoms with Gasteiger partial charge < -0.3 is 19.1 Å². The second-order valence-electron chi connectivity index (χ2n) is 11.0. The van der Waals surface area contributed by atoms with Gasteiger partial charge in [0.05, 0.1) is 11.2 Å². The molecule has 1 aliphatic heterocycles. The number of carboxylic acid groups (broad SMARTS) is 1. The van der Waals surface area contributed by atoms with E-state index < -0.39 is 23.4 Å². The first-order valence-corrected chi connectivity index (χ1v) is 13.5. The number of hydrogen-bond donors (Lipinski definition) is 1. The molecule has 40 heavy (non-hydrogen) atoms. The van der Waals surface area contributed by atoms with Crippen molar-refractivity contribution in [2.24, 2.45) is 0 Å². The minimum Gasteiger partial charge on any atom is -0.477 e. The number of hydrogen-bond acceptors (Lipinski definition) is 5. The van der Waals surface area contributed by atoms with Crippen LogP contribution in [0.5, 0.6) is 11.5 Å². The summed E-state index contributed by atoms with van der Waals surface area (Å²) in [5.41, 5.74) is 0.750. The molecular formula is C31H35F2N3O4. The van der Waals surface area contributed by atoms with Crippen LogP contribution in [0.3, 0.4) is 0 Å². The van der Waals surface area contributed by atoms with Crippen LogP contribution < -0.4 is 4.74 Å². The Morgan fingerprint density at radius 2 is 1.85 bits per heavy atom. The monoisotopic (exact) mass is 551 g/mol. The van der Waals surface area contributed by atoms with Gasteiger partial charge in [-0.2, -0.15) is 5.26 Å². The third kappa shape index (κ3) is 6.52. The minimum absolute atomic E-state index is 0.0556. The molecule has 0 radical (unpaired) electrons. The van der Waals surface area contributed by atoms with Crippen LogP contribution in [-0.4, -0.2) is 45.5 Å². The average molecular weight is 552 g/mol. The predicted octanol–water partition coefficient (Wildman–Crippen LogP) is 7.37. The Hall–Kier alpha value is -3.74. The third-order valence-electron chi connectivity index (χ3n) is 6.94. The van der Waals surface area contributed by atoms with E-state index in [4.69, 9.17) is 9.47 Å². The fourth-order valence-corrected chi connectivity index (χ4v) is 5.12. The molecule has 2 atom stereocenters. The topological polar surface area (TPSA) is 87.7 Å². The van der Waals surface area contributed by atoms with E-state index in [1.807, 2.05) is 20.8 Å². The van der Waals surface area contributed by atoms with E-state index in [1.165, 1.54) is 18.2 Å². The van der Waals surface area contributed by atoms with Gasteiger partial charge in [-0.3, -0.25) is 4.90 Å². The zero-order valence-corrected chi connectivity index (χ0v) is 23.3. The number of rotatable bonds is 10. The number of para-hydroxylation sites is 1. The van der Waals surface area contributed by atoms with Crippen molar-refractivity contribution in [3.8, 4) is 28.7 Å². The molecule has 1 fully saturated rings. The standard InChI is InChI=1S/C31H35F2N3O4/c1-5-6-10-27(40-31(2,3)4)35-16-15-21(18-35)36-19-24(23(17-34)28(36)30(37)38)20-11-13-22(14-12-20)39-29-25(32)8-7-9-26(29)33/h7-9,11-14,19,21,27H,5-6,10,15-16,18H2,1-4H3,(H,37,38). The van der Waals surface area contributed by atoms with Crippen molar-refractivity contribution >= 4 is 5.97 Å². The van der Waals surface area contributed by atoms with Gasteiger partial charge in [0.25, 0.3) is 0 Å². The molecule has 1 aliphatic rings. The van der Waals surface area contributed by atoms with E-state index in [0.29, 0.717) is 17.7 Å². The predicted molar refractivity (Wildman–Crippen MR) is 147 cm³/mol. The third-order valence-corrected chi connectivity index (χ3v) is 6.94. The lowest BCUT2D eigenvalue weighted by Gasteiger charge is -2.34. The molecule has 2 aromatic carbocycles. The number of aromatic carboxylic acids is 1. The fraction of sp³-hybridized carbons (Fsp3) is 0.419. The van der Waals surface area contributed by atoms with E-state index in [-0.39, 0.29) is 34.9 Å². The Morgan fingerprint density at radius 3 is 2.42 bits per heavy atom. The van der Waals surface area contributed by atoms with Crippen molar-refractivity contribution in [1.82, 2.24) is 9.47 Å². The minimum atomic E-state index is -1.18. The van der Waals surface area contributed by atoms with Crippen molar-refractivity contribution in [2.45, 2.75) is 71.2 Å². The first-order valence-electron chi connectivity index (χ1n) is 13.5. The normalized spacial score (nSPS) is 16.6. The van der Waals surface area contributed by atoms with Gasteiger partial charge in [0, 0.05) is 30.9 Å². The smallest absolute Gasteiger partial charge is 0.353 e. The molecule has 0 aliphatic carbocycles. The molecule has 3 aromatic rings. The molecule has 1 aromatic heterocycles. The molecule has 1 saturated heterocycles. The number of halogens is 2. The zero-order chi connectivity index (χ0) is 29.0. The number of likely N-dealkylation sites (tertiary alicyclic amines) is 1. The highest BCUT2D eigenvalue weighted by atomic mass is 19.1. The Morgan fingerprint density at radius 1 is 1.18 bits per heavy atom. The maximum Gasteiger partial charge on any atom is 0.353 e. The van der Waals surface area contributed by atoms with Gasteiger partial charge in [0.15, 0.2) is 17.4 Å². The van der Waals surface area contributed by atoms with Crippen LogP contribution in [-0.2, 0) is 4.74 Å². The molecule has 1 N–H and O–H groups in total. The summed E-state index contributed by atoms with van der Waals surface area (Å²) in [5, 5.41) is 20.1. The Labute approximate surface area is 233 Å². The number of nitrogens with zero attached hydrogens (tertiary/aromatic N) is 3. The molecule has 2 heterocycles. The van der Waals surface area contributed by atoms with Gasteiger partial charge >= 0.3 is 5.97 Å². The van der Waals surface area contributed by atoms with Gasteiger partial charge in [-0.15, -0.1) is 0 Å². The lowest BCUT2D eigenvalue weighted by molar-refractivity contribution is -0.131. The second-order valence-corrected chi connectivity index (χ2v) is 11.0. The number of ether oxygens (including phenoxy) is 2. The van der Waals surface area contributed by atoms with Crippen molar-refractivity contribution in [1.29, 1.82) is 5.26 Å². The molecule has 2 unspecified atom stereocenters. The number of benzene rings is 2. The number of carboxylic acids is 1. The van der Waals surface area contributed by atoms with Crippen LogP contribution in [0.25, 0.3) is 11.1 Å². The van der Waals surface area contributed by atoms with Crippen LogP contribution in [0.15, 0.2) is 48.7 Å². The van der Waals surface area contributed by atoms with Gasteiger partial charge in [-0.25, -0.2) is 13.6 Å². The van der Waals surface area contributed by atoms with Crippen molar-refractivity contribution in [3.05, 3.63) is 71.6 Å². The first kappa shape index (κ1) is 29.2. The SMILES string of the molecule is CCCCC(OC(C)(C)C)N1CCC(n2cc(-c3ccc(Oc4c(F)cccc4F)cc3)c(C#N)c2C(=O)O)C1. The van der Waals surface area contributed by atoms with Crippen LogP contribution in [0.4, 0.5) is 8.78 Å². The molecule has 4 rings (SSSR count). The van der Waals surface area contributed by atoms with Gasteiger partial charge in [-0.05, 0) is 69.9 Å². The highest BCUT2D eigenvalue weighted by Crippen LogP contribution is 2.36. The van der Waals surface area contributed by atoms with Crippen LogP contribution in [0.2, 0.25) is 0 Å². The highest BCUT2D eigenvalue weighted by molar-refractivity contribution is 5.93. The van der Waals surface area contributed by atoms with Crippen LogP contribution in [0, 0.1) is 23.0 Å². The first-order chi connectivity index (χ1) is 19.0. The second kappa shape index (κ2) is 12.2. The molecular weight excluding hydrogens is 516 g/mol. The molecule has 0 spiro atoms. The summed E-state index contributed by atoms with van der Waals surface area (Å²) in [5.74, 6) is -3.13. The summed E-state index contributed by atoms with van der Waals surface area (Å²) in [6.07, 6.45) is 5.33. The number of carbonyl (C=O) groups is 1. The van der Waals surface area contributed by atoms with E-state index >= 15 is 0 Å². The molecule has 0 bridgehead atoms. The molecule has 0 saturated carbocycles. The summed E-state index contributed by atoms with van der Waals surface area (Å²) < 4.78 is 41.5. The average Bonchev–Trinajstić information content (AvgIpc) is 3.54. The zero-order valence-electron chi connectivity index (χ0n) is 23.3.